The molecule has 0 unspecified atom stereocenters. The number of rotatable bonds is 5. The molecule has 1 aromatic rings. The average molecular weight is 478 g/mol. The highest BCUT2D eigenvalue weighted by atomic mass is 79.9. The molecule has 0 radical (unpaired) electrons. The van der Waals surface area contributed by atoms with Crippen LogP contribution in [0.25, 0.3) is 5.57 Å². The molecule has 0 bridgehead atoms. The molecule has 1 aromatic carbocycles. The molecule has 0 amide bonds. The van der Waals surface area contributed by atoms with E-state index >= 15 is 0 Å². The minimum absolute atomic E-state index is 0.0774. The number of nitrogens with zero attached hydrogens (tertiary/aromatic N) is 1. The van der Waals surface area contributed by atoms with Crippen molar-refractivity contribution in [2.45, 2.75) is 46.5 Å². The normalized spacial score (nSPS) is 15.6. The van der Waals surface area contributed by atoms with Gasteiger partial charge in [0, 0.05) is 17.6 Å². The van der Waals surface area contributed by atoms with Gasteiger partial charge in [0.25, 0.3) is 0 Å². The molecule has 0 atom stereocenters. The predicted octanol–water partition coefficient (Wildman–Crippen LogP) is 5.31. The van der Waals surface area contributed by atoms with Gasteiger partial charge in [0.05, 0.1) is 19.9 Å². The summed E-state index contributed by atoms with van der Waals surface area (Å²) in [7, 11) is 2.57. The van der Waals surface area contributed by atoms with E-state index in [4.69, 9.17) is 9.47 Å². The smallest absolute Gasteiger partial charge is 0.347 e. The van der Waals surface area contributed by atoms with Gasteiger partial charge in [-0.25, -0.2) is 9.59 Å². The third kappa shape index (κ3) is 5.75. The van der Waals surface area contributed by atoms with Crippen molar-refractivity contribution in [1.82, 2.24) is 4.90 Å². The highest BCUT2D eigenvalue weighted by Crippen LogP contribution is 2.43. The lowest BCUT2D eigenvalue weighted by atomic mass is 9.81. The van der Waals surface area contributed by atoms with E-state index in [0.29, 0.717) is 10.2 Å². The maximum Gasteiger partial charge on any atom is 0.347 e. The topological polar surface area (TPSA) is 55.8 Å². The molecule has 6 heteroatoms. The number of carbonyl (C=O) groups excluding carboxylic acids is 2. The number of carbonyl (C=O) groups is 2. The molecule has 1 aliphatic rings. The summed E-state index contributed by atoms with van der Waals surface area (Å²) in [6.07, 6.45) is 4.24. The second-order valence-electron chi connectivity index (χ2n) is 8.41. The molecule has 0 N–H and O–H groups in total. The number of allylic oxidation sites excluding steroid dienone is 2. The van der Waals surface area contributed by atoms with Gasteiger partial charge in [0.15, 0.2) is 5.57 Å². The van der Waals surface area contributed by atoms with Crippen LogP contribution >= 0.6 is 15.9 Å². The van der Waals surface area contributed by atoms with Crippen molar-refractivity contribution < 1.29 is 19.1 Å². The van der Waals surface area contributed by atoms with Crippen molar-refractivity contribution in [2.75, 3.05) is 27.3 Å². The highest BCUT2D eigenvalue weighted by Gasteiger charge is 2.33. The number of esters is 2. The molecule has 0 aromatic heterocycles. The number of hydrogen-bond donors (Lipinski definition) is 0. The van der Waals surface area contributed by atoms with Crippen molar-refractivity contribution in [3.8, 4) is 0 Å². The van der Waals surface area contributed by atoms with Crippen LogP contribution in [0, 0.1) is 5.41 Å². The fourth-order valence-electron chi connectivity index (χ4n) is 3.79. The van der Waals surface area contributed by atoms with Gasteiger partial charge >= 0.3 is 11.9 Å². The van der Waals surface area contributed by atoms with E-state index in [-0.39, 0.29) is 11.0 Å². The quantitative estimate of drug-likeness (QED) is 0.189. The number of methoxy groups -OCH3 is 2. The fraction of sp³-hybridized carbons (Fsp3) is 0.500. The number of hydrogen-bond acceptors (Lipinski definition) is 5. The Morgan fingerprint density at radius 1 is 0.900 bits per heavy atom. The summed E-state index contributed by atoms with van der Waals surface area (Å²) in [5.41, 5.74) is 2.25. The molecule has 0 aliphatic carbocycles. The van der Waals surface area contributed by atoms with E-state index in [9.17, 15) is 9.59 Å². The number of ether oxygens (including phenoxy) is 2. The lowest BCUT2D eigenvalue weighted by Crippen LogP contribution is -2.31. The Kier molecular flexibility index (Phi) is 8.71. The van der Waals surface area contributed by atoms with Crippen LogP contribution < -0.4 is 0 Å². The second kappa shape index (κ2) is 10.8. The van der Waals surface area contributed by atoms with Crippen LogP contribution in [0.4, 0.5) is 0 Å². The summed E-state index contributed by atoms with van der Waals surface area (Å²) in [4.78, 5) is 27.6. The Hall–Kier alpha value is -2.08. The third-order valence-electron chi connectivity index (χ3n) is 5.18. The number of benzene rings is 1. The minimum Gasteiger partial charge on any atom is -0.465 e. The lowest BCUT2D eigenvalue weighted by molar-refractivity contribution is -0.144. The summed E-state index contributed by atoms with van der Waals surface area (Å²) in [5, 5.41) is 0. The lowest BCUT2D eigenvalue weighted by Gasteiger charge is -2.32. The maximum atomic E-state index is 12.7. The summed E-state index contributed by atoms with van der Waals surface area (Å²) >= 11 is 3.80. The van der Waals surface area contributed by atoms with E-state index in [2.05, 4.69) is 41.6 Å². The Morgan fingerprint density at radius 2 is 1.40 bits per heavy atom. The van der Waals surface area contributed by atoms with Gasteiger partial charge in [-0.2, -0.15) is 0 Å². The molecule has 1 aliphatic heterocycles. The molecule has 1 heterocycles. The number of likely N-dealkylation sites (tertiary alicyclic amines) is 1. The van der Waals surface area contributed by atoms with Crippen LogP contribution in [0.3, 0.4) is 0 Å². The third-order valence-corrected chi connectivity index (χ3v) is 5.95. The van der Waals surface area contributed by atoms with Crippen molar-refractivity contribution in [2.24, 2.45) is 5.41 Å². The van der Waals surface area contributed by atoms with Crippen molar-refractivity contribution in [3.63, 3.8) is 0 Å². The van der Waals surface area contributed by atoms with Gasteiger partial charge < -0.3 is 14.4 Å². The summed E-state index contributed by atoms with van der Waals surface area (Å²) in [6.45, 7) is 7.87. The van der Waals surface area contributed by atoms with E-state index < -0.39 is 11.9 Å². The van der Waals surface area contributed by atoms with Gasteiger partial charge in [-0.15, -0.1) is 0 Å². The largest absolute Gasteiger partial charge is 0.465 e. The van der Waals surface area contributed by atoms with Gasteiger partial charge in [0.2, 0.25) is 0 Å². The van der Waals surface area contributed by atoms with Crippen LogP contribution in [-0.4, -0.2) is 44.1 Å². The van der Waals surface area contributed by atoms with E-state index in [1.165, 1.54) is 14.2 Å². The first kappa shape index (κ1) is 24.2. The van der Waals surface area contributed by atoms with E-state index in [1.807, 2.05) is 30.3 Å². The molecule has 1 saturated heterocycles. The second-order valence-corrected chi connectivity index (χ2v) is 9.21. The van der Waals surface area contributed by atoms with E-state index in [0.717, 1.165) is 49.9 Å². The zero-order chi connectivity index (χ0) is 22.3. The zero-order valence-electron chi connectivity index (χ0n) is 18.6. The molecule has 5 nitrogen and oxygen atoms in total. The van der Waals surface area contributed by atoms with Crippen molar-refractivity contribution >= 4 is 33.4 Å². The Morgan fingerprint density at radius 3 is 1.83 bits per heavy atom. The van der Waals surface area contributed by atoms with Gasteiger partial charge in [-0.3, -0.25) is 0 Å². The van der Waals surface area contributed by atoms with E-state index in [1.54, 1.807) is 0 Å². The average Bonchev–Trinajstić information content (AvgIpc) is 2.99. The standard InChI is InChI=1S/C24H32BrNO4/c1-24(2,3)19(17-13-9-8-10-14-17)20(25)21(26-15-11-6-7-12-16-26)18(22(27)29-4)23(28)30-5/h8-10,13-14H,6-7,11-12,15-16H2,1-5H3/b20-19+. The Balaban J connectivity index is 2.88. The SMILES string of the molecule is COC(=O)C(C(=O)OC)=C(/C(Br)=C(/c1ccccc1)C(C)(C)C)N1CCCCCC1. The Bertz CT molecular complexity index is 795. The van der Waals surface area contributed by atoms with Crippen LogP contribution in [0.5, 0.6) is 0 Å². The molecule has 2 rings (SSSR count). The van der Waals surface area contributed by atoms with Crippen LogP contribution in [0.2, 0.25) is 0 Å². The van der Waals surface area contributed by atoms with Crippen LogP contribution in [0.1, 0.15) is 52.0 Å². The molecule has 1 fully saturated rings. The maximum absolute atomic E-state index is 12.7. The van der Waals surface area contributed by atoms with Gasteiger partial charge in [-0.05, 0) is 45.3 Å². The summed E-state index contributed by atoms with van der Waals surface area (Å²) in [5.74, 6) is -1.39. The molecular formula is C24H32BrNO4. The highest BCUT2D eigenvalue weighted by molar-refractivity contribution is 9.12. The molecular weight excluding hydrogens is 446 g/mol. The van der Waals surface area contributed by atoms with Gasteiger partial charge in [0.1, 0.15) is 0 Å². The zero-order valence-corrected chi connectivity index (χ0v) is 20.2. The van der Waals surface area contributed by atoms with Crippen molar-refractivity contribution in [3.05, 3.63) is 51.6 Å². The molecule has 0 saturated carbocycles. The number of halogens is 1. The first-order chi connectivity index (χ1) is 14.2. The minimum atomic E-state index is -0.695. The molecule has 30 heavy (non-hydrogen) atoms. The first-order valence-electron chi connectivity index (χ1n) is 10.3. The molecule has 164 valence electrons. The van der Waals surface area contributed by atoms with Crippen LogP contribution in [0.15, 0.2) is 46.1 Å². The molecule has 0 spiro atoms. The predicted molar refractivity (Wildman–Crippen MR) is 123 cm³/mol. The summed E-state index contributed by atoms with van der Waals surface area (Å²) in [6, 6.07) is 10.0. The van der Waals surface area contributed by atoms with Crippen LogP contribution in [-0.2, 0) is 19.1 Å². The summed E-state index contributed by atoms with van der Waals surface area (Å²) < 4.78 is 10.7. The Labute approximate surface area is 188 Å². The van der Waals surface area contributed by atoms with Gasteiger partial charge in [-0.1, -0.05) is 63.9 Å². The first-order valence-corrected chi connectivity index (χ1v) is 11.1. The van der Waals surface area contributed by atoms with Crippen molar-refractivity contribution in [1.29, 1.82) is 0 Å². The monoisotopic (exact) mass is 477 g/mol. The fourth-order valence-corrected chi connectivity index (χ4v) is 5.07.